The molecule has 1 unspecified atom stereocenters. The molecule has 0 aromatic heterocycles. The van der Waals surface area contributed by atoms with Crippen molar-refractivity contribution < 1.29 is 4.74 Å². The zero-order valence-corrected chi connectivity index (χ0v) is 12.1. The molecule has 0 amide bonds. The first kappa shape index (κ1) is 13.6. The van der Waals surface area contributed by atoms with Crippen LogP contribution < -0.4 is 10.1 Å². The number of halogens is 1. The van der Waals surface area contributed by atoms with Crippen molar-refractivity contribution in [1.82, 2.24) is 5.32 Å². The smallest absolute Gasteiger partial charge is 0.156 e. The van der Waals surface area contributed by atoms with Crippen LogP contribution in [0.5, 0.6) is 5.75 Å². The van der Waals surface area contributed by atoms with Gasteiger partial charge < -0.3 is 10.1 Å². The third-order valence-electron chi connectivity index (χ3n) is 2.76. The van der Waals surface area contributed by atoms with E-state index in [1.165, 1.54) is 0 Å². The first-order chi connectivity index (χ1) is 8.70. The summed E-state index contributed by atoms with van der Waals surface area (Å²) in [5.74, 6) is 2.59. The van der Waals surface area contributed by atoms with E-state index in [-0.39, 0.29) is 0 Å². The van der Waals surface area contributed by atoms with Crippen molar-refractivity contribution in [3.63, 3.8) is 0 Å². The first-order valence-corrected chi connectivity index (χ1v) is 7.29. The van der Waals surface area contributed by atoms with Gasteiger partial charge in [0.1, 0.15) is 5.75 Å². The fourth-order valence-corrected chi connectivity index (χ4v) is 2.85. The Balaban J connectivity index is 2.02. The van der Waals surface area contributed by atoms with E-state index in [4.69, 9.17) is 16.3 Å². The van der Waals surface area contributed by atoms with Crippen molar-refractivity contribution in [2.75, 3.05) is 19.4 Å². The second-order valence-corrected chi connectivity index (χ2v) is 5.75. The van der Waals surface area contributed by atoms with E-state index < -0.39 is 0 Å². The molecule has 1 heterocycles. The van der Waals surface area contributed by atoms with Gasteiger partial charge in [0.2, 0.25) is 0 Å². The standard InChI is InChI=1S/C13H17ClN2OS/c1-9-6-15-13(18-8-9)16-7-10-11(14)4-3-5-12(10)17-2/h3-5,9H,6-8H2,1-2H3,(H,15,16). The number of aliphatic imine (C=N–C) groups is 1. The molecule has 0 fully saturated rings. The third-order valence-corrected chi connectivity index (χ3v) is 4.40. The SMILES string of the molecule is COc1cccc(Cl)c1CNC1=NCC(C)CS1. The van der Waals surface area contributed by atoms with Crippen LogP contribution in [0.25, 0.3) is 0 Å². The van der Waals surface area contributed by atoms with E-state index in [0.29, 0.717) is 12.5 Å². The minimum atomic E-state index is 0.642. The normalized spacial score (nSPS) is 19.3. The second kappa shape index (κ2) is 6.34. The van der Waals surface area contributed by atoms with Crippen LogP contribution in [0.3, 0.4) is 0 Å². The molecule has 0 saturated heterocycles. The van der Waals surface area contributed by atoms with Crippen LogP contribution in [0, 0.1) is 5.92 Å². The molecule has 5 heteroatoms. The van der Waals surface area contributed by atoms with Crippen LogP contribution in [-0.2, 0) is 6.54 Å². The topological polar surface area (TPSA) is 33.6 Å². The molecule has 1 aromatic rings. The van der Waals surface area contributed by atoms with Gasteiger partial charge in [0.25, 0.3) is 0 Å². The summed E-state index contributed by atoms with van der Waals surface area (Å²) in [7, 11) is 1.66. The maximum Gasteiger partial charge on any atom is 0.156 e. The number of rotatable bonds is 3. The fraction of sp³-hybridized carbons (Fsp3) is 0.462. The molecule has 1 aliphatic heterocycles. The number of hydrogen-bond donors (Lipinski definition) is 1. The molecular formula is C13H17ClN2OS. The Morgan fingerprint density at radius 2 is 2.39 bits per heavy atom. The Morgan fingerprint density at radius 1 is 1.56 bits per heavy atom. The predicted molar refractivity (Wildman–Crippen MR) is 78.8 cm³/mol. The molecule has 0 aliphatic carbocycles. The lowest BCUT2D eigenvalue weighted by Crippen LogP contribution is -2.26. The maximum absolute atomic E-state index is 6.18. The van der Waals surface area contributed by atoms with Crippen LogP contribution in [0.1, 0.15) is 12.5 Å². The van der Waals surface area contributed by atoms with E-state index in [9.17, 15) is 0 Å². The molecule has 0 spiro atoms. The van der Waals surface area contributed by atoms with E-state index in [1.54, 1.807) is 18.9 Å². The first-order valence-electron chi connectivity index (χ1n) is 5.93. The van der Waals surface area contributed by atoms with E-state index >= 15 is 0 Å². The molecule has 1 aromatic carbocycles. The van der Waals surface area contributed by atoms with Crippen molar-refractivity contribution in [3.05, 3.63) is 28.8 Å². The molecule has 1 aliphatic rings. The van der Waals surface area contributed by atoms with Crippen LogP contribution in [0.15, 0.2) is 23.2 Å². The second-order valence-electron chi connectivity index (χ2n) is 4.34. The summed E-state index contributed by atoms with van der Waals surface area (Å²) in [6.45, 7) is 3.75. The van der Waals surface area contributed by atoms with E-state index in [0.717, 1.165) is 33.8 Å². The van der Waals surface area contributed by atoms with Gasteiger partial charge in [0.05, 0.1) is 7.11 Å². The molecule has 0 radical (unpaired) electrons. The number of thioether (sulfide) groups is 1. The largest absolute Gasteiger partial charge is 0.496 e. The van der Waals surface area contributed by atoms with Gasteiger partial charge in [0.15, 0.2) is 5.17 Å². The minimum absolute atomic E-state index is 0.642. The summed E-state index contributed by atoms with van der Waals surface area (Å²) in [5, 5.41) is 5.04. The lowest BCUT2D eigenvalue weighted by atomic mass is 10.2. The Kier molecular flexibility index (Phi) is 4.78. The minimum Gasteiger partial charge on any atom is -0.496 e. The molecule has 1 atom stereocenters. The Morgan fingerprint density at radius 3 is 3.06 bits per heavy atom. The van der Waals surface area contributed by atoms with Crippen LogP contribution in [0.2, 0.25) is 5.02 Å². The molecular weight excluding hydrogens is 268 g/mol. The molecule has 0 saturated carbocycles. The zero-order chi connectivity index (χ0) is 13.0. The number of hydrogen-bond acceptors (Lipinski definition) is 4. The highest BCUT2D eigenvalue weighted by Crippen LogP contribution is 2.26. The quantitative estimate of drug-likeness (QED) is 0.926. The fourth-order valence-electron chi connectivity index (χ4n) is 1.73. The van der Waals surface area contributed by atoms with Gasteiger partial charge in [-0.2, -0.15) is 0 Å². The molecule has 2 rings (SSSR count). The van der Waals surface area contributed by atoms with E-state index in [1.807, 2.05) is 18.2 Å². The molecule has 98 valence electrons. The highest BCUT2D eigenvalue weighted by molar-refractivity contribution is 8.13. The maximum atomic E-state index is 6.18. The monoisotopic (exact) mass is 284 g/mol. The molecule has 3 nitrogen and oxygen atoms in total. The summed E-state index contributed by atoms with van der Waals surface area (Å²) in [6, 6.07) is 5.68. The summed E-state index contributed by atoms with van der Waals surface area (Å²) in [4.78, 5) is 4.50. The van der Waals surface area contributed by atoms with Crippen LogP contribution >= 0.6 is 23.4 Å². The van der Waals surface area contributed by atoms with Crippen molar-refractivity contribution in [1.29, 1.82) is 0 Å². The average molecular weight is 285 g/mol. The number of nitrogens with zero attached hydrogens (tertiary/aromatic N) is 1. The van der Waals surface area contributed by atoms with E-state index in [2.05, 4.69) is 17.2 Å². The number of benzene rings is 1. The highest BCUT2D eigenvalue weighted by atomic mass is 35.5. The van der Waals surface area contributed by atoms with Crippen LogP contribution in [-0.4, -0.2) is 24.6 Å². The Hall–Kier alpha value is -0.870. The van der Waals surface area contributed by atoms with Gasteiger partial charge in [-0.1, -0.05) is 36.4 Å². The van der Waals surface area contributed by atoms with Crippen molar-refractivity contribution in [2.45, 2.75) is 13.5 Å². The lowest BCUT2D eigenvalue weighted by molar-refractivity contribution is 0.409. The third kappa shape index (κ3) is 3.33. The van der Waals surface area contributed by atoms with Crippen molar-refractivity contribution in [2.24, 2.45) is 10.9 Å². The highest BCUT2D eigenvalue weighted by Gasteiger charge is 2.13. The molecule has 0 bridgehead atoms. The molecule has 1 N–H and O–H groups in total. The average Bonchev–Trinajstić information content (AvgIpc) is 2.39. The lowest BCUT2D eigenvalue weighted by Gasteiger charge is -2.18. The summed E-state index contributed by atoms with van der Waals surface area (Å²) in [6.07, 6.45) is 0. The number of methoxy groups -OCH3 is 1. The number of ether oxygens (including phenoxy) is 1. The number of amidine groups is 1. The van der Waals surface area contributed by atoms with Crippen molar-refractivity contribution >= 4 is 28.5 Å². The van der Waals surface area contributed by atoms with Gasteiger partial charge in [-0.3, -0.25) is 4.99 Å². The molecule has 18 heavy (non-hydrogen) atoms. The number of nitrogens with one attached hydrogen (secondary N) is 1. The van der Waals surface area contributed by atoms with Crippen molar-refractivity contribution in [3.8, 4) is 5.75 Å². The predicted octanol–water partition coefficient (Wildman–Crippen LogP) is 3.18. The Bertz CT molecular complexity index is 451. The van der Waals surface area contributed by atoms with Gasteiger partial charge in [-0.15, -0.1) is 0 Å². The summed E-state index contributed by atoms with van der Waals surface area (Å²) < 4.78 is 5.31. The van der Waals surface area contributed by atoms with Gasteiger partial charge >= 0.3 is 0 Å². The van der Waals surface area contributed by atoms with Crippen LogP contribution in [0.4, 0.5) is 0 Å². The van der Waals surface area contributed by atoms with Gasteiger partial charge in [-0.05, 0) is 18.1 Å². The summed E-state index contributed by atoms with van der Waals surface area (Å²) >= 11 is 7.95. The van der Waals surface area contributed by atoms with Gasteiger partial charge in [-0.25, -0.2) is 0 Å². The Labute approximate surface area is 117 Å². The summed E-state index contributed by atoms with van der Waals surface area (Å²) in [5.41, 5.74) is 0.976. The van der Waals surface area contributed by atoms with Gasteiger partial charge in [0, 0.05) is 29.4 Å². The zero-order valence-electron chi connectivity index (χ0n) is 10.6.